The minimum Gasteiger partial charge on any atom is -0.309 e. The fraction of sp³-hybridized carbons (Fsp3) is 0. The monoisotopic (exact) mass is 549 g/mol. The Balaban J connectivity index is 1.49. The first-order valence-corrected chi connectivity index (χ1v) is 14.5. The number of rotatable bonds is 2. The molecule has 0 aliphatic carbocycles. The van der Waals surface area contributed by atoms with Crippen molar-refractivity contribution in [2.24, 2.45) is 0 Å². The average molecular weight is 550 g/mol. The summed E-state index contributed by atoms with van der Waals surface area (Å²) in [7, 11) is 0. The molecule has 0 N–H and O–H groups in total. The molecule has 200 valence electrons. The first-order valence-electron chi connectivity index (χ1n) is 14.5. The molecule has 0 saturated carbocycles. The summed E-state index contributed by atoms with van der Waals surface area (Å²) in [5.41, 5.74) is 9.10. The second kappa shape index (κ2) is 8.30. The van der Waals surface area contributed by atoms with Crippen molar-refractivity contribution in [2.75, 3.05) is 0 Å². The molecule has 5 heteroatoms. The number of hydrogen-bond acceptors (Lipinski definition) is 2. The quantitative estimate of drug-likeness (QED) is 0.202. The van der Waals surface area contributed by atoms with Crippen molar-refractivity contribution >= 4 is 70.9 Å². The van der Waals surface area contributed by atoms with E-state index in [1.807, 2.05) is 18.6 Å². The van der Waals surface area contributed by atoms with Gasteiger partial charge in [0.2, 0.25) is 0 Å². The zero-order valence-electron chi connectivity index (χ0n) is 23.0. The highest BCUT2D eigenvalue weighted by molar-refractivity contribution is 6.30. The van der Waals surface area contributed by atoms with E-state index < -0.39 is 0 Å². The number of nitrogens with zero attached hydrogens (tertiary/aromatic N) is 5. The van der Waals surface area contributed by atoms with Gasteiger partial charge in [-0.2, -0.15) is 0 Å². The molecule has 0 spiro atoms. The maximum absolute atomic E-state index is 4.71. The third-order valence-corrected chi connectivity index (χ3v) is 8.96. The normalized spacial score (nSPS) is 12.2. The van der Waals surface area contributed by atoms with Crippen molar-refractivity contribution in [1.82, 2.24) is 23.5 Å². The van der Waals surface area contributed by atoms with Crippen molar-refractivity contribution < 1.29 is 0 Å². The van der Waals surface area contributed by atoms with Crippen molar-refractivity contribution in [3.05, 3.63) is 140 Å². The second-order valence-corrected chi connectivity index (χ2v) is 11.1. The Morgan fingerprint density at radius 2 is 1.12 bits per heavy atom. The molecule has 0 saturated heterocycles. The lowest BCUT2D eigenvalue weighted by molar-refractivity contribution is 1.16. The molecular weight excluding hydrogens is 526 g/mol. The Kier molecular flexibility index (Phi) is 4.39. The highest BCUT2D eigenvalue weighted by Crippen LogP contribution is 2.43. The van der Waals surface area contributed by atoms with Crippen LogP contribution in [0.15, 0.2) is 140 Å². The largest absolute Gasteiger partial charge is 0.309 e. The van der Waals surface area contributed by atoms with Crippen LogP contribution in [0, 0.1) is 0 Å². The summed E-state index contributed by atoms with van der Waals surface area (Å²) in [6.45, 7) is 0. The van der Waals surface area contributed by atoms with Crippen molar-refractivity contribution in [3.63, 3.8) is 0 Å². The Bertz CT molecular complexity index is 2710. The van der Waals surface area contributed by atoms with Crippen molar-refractivity contribution in [3.8, 4) is 11.4 Å². The molecule has 0 atom stereocenters. The van der Waals surface area contributed by atoms with Crippen LogP contribution in [0.1, 0.15) is 0 Å². The van der Waals surface area contributed by atoms with E-state index in [1.165, 1.54) is 49.0 Å². The third kappa shape index (κ3) is 2.95. The van der Waals surface area contributed by atoms with E-state index >= 15 is 0 Å². The zero-order chi connectivity index (χ0) is 28.1. The summed E-state index contributed by atoms with van der Waals surface area (Å²) in [6, 6.07) is 41.5. The molecule has 5 aromatic carbocycles. The zero-order valence-corrected chi connectivity index (χ0v) is 23.0. The number of hydrogen-bond donors (Lipinski definition) is 0. The summed E-state index contributed by atoms with van der Waals surface area (Å²) >= 11 is 0. The molecule has 0 bridgehead atoms. The highest BCUT2D eigenvalue weighted by atomic mass is 15.0. The Labute approximate surface area is 245 Å². The maximum atomic E-state index is 4.71. The molecule has 5 nitrogen and oxygen atoms in total. The van der Waals surface area contributed by atoms with Crippen LogP contribution >= 0.6 is 0 Å². The van der Waals surface area contributed by atoms with Crippen LogP contribution in [0.4, 0.5) is 0 Å². The number of para-hydroxylation sites is 3. The van der Waals surface area contributed by atoms with Crippen LogP contribution in [-0.4, -0.2) is 23.5 Å². The van der Waals surface area contributed by atoms with E-state index in [1.54, 1.807) is 0 Å². The predicted molar refractivity (Wildman–Crippen MR) is 177 cm³/mol. The lowest BCUT2D eigenvalue weighted by Gasteiger charge is -2.11. The van der Waals surface area contributed by atoms with Crippen LogP contribution < -0.4 is 0 Å². The second-order valence-electron chi connectivity index (χ2n) is 11.1. The van der Waals surface area contributed by atoms with Gasteiger partial charge in [0, 0.05) is 68.5 Å². The maximum Gasteiger partial charge on any atom is 0.146 e. The topological polar surface area (TPSA) is 40.1 Å². The van der Waals surface area contributed by atoms with E-state index in [0.717, 1.165) is 33.3 Å². The van der Waals surface area contributed by atoms with Gasteiger partial charge in [-0.1, -0.05) is 54.6 Å². The standard InChI is InChI=1S/C38H23N5/c1-3-9-24(10-4-1)42-31-14-8-7-13-26(31)28-21-29-35(22-34(28)42)43(25-11-5-2-6-12-25)33-16-15-32-36(37(29)33)27-17-18-39-23-30(27)38-40-19-20-41(32)38/h1-23H. The third-order valence-electron chi connectivity index (χ3n) is 8.96. The van der Waals surface area contributed by atoms with Gasteiger partial charge in [0.05, 0.1) is 27.6 Å². The molecule has 0 aliphatic rings. The number of benzene rings is 5. The first-order chi connectivity index (χ1) is 21.4. The molecular formula is C38H23N5. The smallest absolute Gasteiger partial charge is 0.146 e. The molecule has 10 rings (SSSR count). The molecule has 0 radical (unpaired) electrons. The van der Waals surface area contributed by atoms with Gasteiger partial charge in [0.25, 0.3) is 0 Å². The fourth-order valence-electron chi connectivity index (χ4n) is 7.23. The van der Waals surface area contributed by atoms with Crippen molar-refractivity contribution in [1.29, 1.82) is 0 Å². The molecule has 43 heavy (non-hydrogen) atoms. The van der Waals surface area contributed by atoms with Gasteiger partial charge in [0.15, 0.2) is 0 Å². The van der Waals surface area contributed by atoms with Crippen LogP contribution in [0.3, 0.4) is 0 Å². The van der Waals surface area contributed by atoms with Crippen LogP contribution in [0.25, 0.3) is 82.3 Å². The summed E-state index contributed by atoms with van der Waals surface area (Å²) in [6.07, 6.45) is 7.76. The molecule has 5 heterocycles. The SMILES string of the molecule is c1ccc(-n2c3ccccc3c3cc4c5c6c7ccncc7c7nccn7c6ccc5n(-c5ccccc5)c4cc32)cc1. The minimum absolute atomic E-state index is 0.926. The summed E-state index contributed by atoms with van der Waals surface area (Å²) in [5, 5.41) is 8.38. The van der Waals surface area contributed by atoms with Crippen LogP contribution in [0.2, 0.25) is 0 Å². The van der Waals surface area contributed by atoms with Gasteiger partial charge < -0.3 is 9.13 Å². The van der Waals surface area contributed by atoms with Crippen LogP contribution in [-0.2, 0) is 0 Å². The molecule has 5 aromatic heterocycles. The fourth-order valence-corrected chi connectivity index (χ4v) is 7.23. The van der Waals surface area contributed by atoms with E-state index in [-0.39, 0.29) is 0 Å². The lowest BCUT2D eigenvalue weighted by Crippen LogP contribution is -1.96. The minimum atomic E-state index is 0.926. The van der Waals surface area contributed by atoms with Gasteiger partial charge in [-0.3, -0.25) is 9.38 Å². The number of aromatic nitrogens is 5. The molecule has 0 unspecified atom stereocenters. The molecule has 0 fully saturated rings. The highest BCUT2D eigenvalue weighted by Gasteiger charge is 2.21. The van der Waals surface area contributed by atoms with E-state index in [4.69, 9.17) is 4.98 Å². The van der Waals surface area contributed by atoms with E-state index in [0.29, 0.717) is 0 Å². The van der Waals surface area contributed by atoms with Gasteiger partial charge in [-0.25, -0.2) is 4.98 Å². The number of imidazole rings is 1. The Morgan fingerprint density at radius 1 is 0.442 bits per heavy atom. The summed E-state index contributed by atoms with van der Waals surface area (Å²) in [5.74, 6) is 0. The number of fused-ring (bicyclic) bond motifs is 13. The first kappa shape index (κ1) is 22.7. The Morgan fingerprint density at radius 3 is 1.93 bits per heavy atom. The van der Waals surface area contributed by atoms with E-state index in [9.17, 15) is 0 Å². The van der Waals surface area contributed by atoms with Gasteiger partial charge >= 0.3 is 0 Å². The summed E-state index contributed by atoms with van der Waals surface area (Å²) in [4.78, 5) is 9.20. The lowest BCUT2D eigenvalue weighted by atomic mass is 10.0. The average Bonchev–Trinajstić information content (AvgIpc) is 3.77. The van der Waals surface area contributed by atoms with Crippen LogP contribution in [0.5, 0.6) is 0 Å². The van der Waals surface area contributed by atoms with E-state index in [2.05, 4.69) is 140 Å². The van der Waals surface area contributed by atoms with Crippen molar-refractivity contribution in [2.45, 2.75) is 0 Å². The van der Waals surface area contributed by atoms with Gasteiger partial charge in [-0.05, 0) is 66.0 Å². The molecule has 10 aromatic rings. The van der Waals surface area contributed by atoms with Gasteiger partial charge in [0.1, 0.15) is 5.65 Å². The summed E-state index contributed by atoms with van der Waals surface area (Å²) < 4.78 is 7.01. The Hall–Kier alpha value is -5.94. The van der Waals surface area contributed by atoms with Gasteiger partial charge in [-0.15, -0.1) is 0 Å². The number of pyridine rings is 2. The predicted octanol–water partition coefficient (Wildman–Crippen LogP) is 9.23. The molecule has 0 amide bonds. The molecule has 0 aliphatic heterocycles.